The number of methoxy groups -OCH3 is 1. The minimum Gasteiger partial charge on any atom is -0.495 e. The second-order valence-corrected chi connectivity index (χ2v) is 7.97. The van der Waals surface area contributed by atoms with Gasteiger partial charge >= 0.3 is 0 Å². The molecule has 4 aromatic rings. The molecule has 1 heterocycles. The number of hydrogen-bond acceptors (Lipinski definition) is 4. The van der Waals surface area contributed by atoms with Crippen LogP contribution >= 0.6 is 28.1 Å². The second kappa shape index (κ2) is 9.28. The lowest BCUT2D eigenvalue weighted by Gasteiger charge is -2.09. The summed E-state index contributed by atoms with van der Waals surface area (Å²) in [5, 5.41) is 7.54. The summed E-state index contributed by atoms with van der Waals surface area (Å²) in [4.78, 5) is 12.8. The van der Waals surface area contributed by atoms with Crippen LogP contribution in [0, 0.1) is 4.77 Å². The summed E-state index contributed by atoms with van der Waals surface area (Å²) >= 11 is 9.16. The summed E-state index contributed by atoms with van der Waals surface area (Å²) in [6.07, 6.45) is 0. The first kappa shape index (κ1) is 21.0. The highest BCUT2D eigenvalue weighted by Crippen LogP contribution is 2.25. The zero-order chi connectivity index (χ0) is 21.8. The zero-order valence-corrected chi connectivity index (χ0v) is 19.1. The van der Waals surface area contributed by atoms with E-state index in [1.807, 2.05) is 71.3 Å². The van der Waals surface area contributed by atoms with Crippen LogP contribution in [0.1, 0.15) is 0 Å². The van der Waals surface area contributed by atoms with Gasteiger partial charge in [-0.25, -0.2) is 4.68 Å². The van der Waals surface area contributed by atoms with Crippen LogP contribution in [-0.4, -0.2) is 27.4 Å². The largest absolute Gasteiger partial charge is 0.495 e. The Hall–Kier alpha value is -3.23. The van der Waals surface area contributed by atoms with Gasteiger partial charge in [0.05, 0.1) is 12.8 Å². The maximum absolute atomic E-state index is 12.8. The molecular weight excluding hydrogens is 476 g/mol. The van der Waals surface area contributed by atoms with Crippen molar-refractivity contribution in [2.24, 2.45) is 0 Å². The van der Waals surface area contributed by atoms with Gasteiger partial charge in [-0.2, -0.15) is 5.10 Å². The van der Waals surface area contributed by atoms with E-state index in [-0.39, 0.29) is 12.5 Å². The molecule has 0 spiro atoms. The van der Waals surface area contributed by atoms with Gasteiger partial charge in [-0.1, -0.05) is 58.4 Å². The minimum atomic E-state index is -0.249. The summed E-state index contributed by atoms with van der Waals surface area (Å²) in [7, 11) is 1.56. The van der Waals surface area contributed by atoms with Gasteiger partial charge in [-0.3, -0.25) is 9.36 Å². The van der Waals surface area contributed by atoms with Crippen molar-refractivity contribution in [1.82, 2.24) is 14.3 Å². The maximum atomic E-state index is 12.8. The lowest BCUT2D eigenvalue weighted by molar-refractivity contribution is -0.116. The number of anilines is 1. The van der Waals surface area contributed by atoms with Gasteiger partial charge in [-0.05, 0) is 48.6 Å². The summed E-state index contributed by atoms with van der Waals surface area (Å²) in [5.41, 5.74) is 2.36. The molecule has 3 aromatic carbocycles. The van der Waals surface area contributed by atoms with E-state index in [0.717, 1.165) is 15.7 Å². The van der Waals surface area contributed by atoms with Crippen molar-refractivity contribution >= 4 is 39.7 Å². The van der Waals surface area contributed by atoms with Crippen LogP contribution in [0.4, 0.5) is 5.69 Å². The molecular formula is C23H19BrN4O2S. The van der Waals surface area contributed by atoms with Crippen LogP contribution in [0.25, 0.3) is 17.1 Å². The molecule has 0 bridgehead atoms. The number of amides is 1. The number of carbonyl (C=O) groups is 1. The van der Waals surface area contributed by atoms with Gasteiger partial charge in [0.1, 0.15) is 12.3 Å². The lowest BCUT2D eigenvalue weighted by atomic mass is 10.2. The van der Waals surface area contributed by atoms with Crippen molar-refractivity contribution in [3.63, 3.8) is 0 Å². The highest BCUT2D eigenvalue weighted by Gasteiger charge is 2.17. The molecule has 1 aromatic heterocycles. The van der Waals surface area contributed by atoms with E-state index in [1.165, 1.54) is 4.68 Å². The molecule has 6 nitrogen and oxygen atoms in total. The number of aromatic nitrogens is 3. The lowest BCUT2D eigenvalue weighted by Crippen LogP contribution is -2.20. The van der Waals surface area contributed by atoms with Crippen LogP contribution in [0.2, 0.25) is 0 Å². The Labute approximate surface area is 193 Å². The first-order valence-electron chi connectivity index (χ1n) is 9.51. The number of halogens is 1. The van der Waals surface area contributed by atoms with E-state index in [4.69, 9.17) is 17.0 Å². The highest BCUT2D eigenvalue weighted by molar-refractivity contribution is 9.10. The van der Waals surface area contributed by atoms with Crippen LogP contribution in [0.3, 0.4) is 0 Å². The van der Waals surface area contributed by atoms with E-state index >= 15 is 0 Å². The van der Waals surface area contributed by atoms with Gasteiger partial charge in [0.2, 0.25) is 10.7 Å². The third-order valence-corrected chi connectivity index (χ3v) is 5.55. The number of nitrogens with zero attached hydrogens (tertiary/aromatic N) is 3. The summed E-state index contributed by atoms with van der Waals surface area (Å²) in [6.45, 7) is -0.0275. The van der Waals surface area contributed by atoms with Crippen LogP contribution < -0.4 is 10.1 Å². The zero-order valence-electron chi connectivity index (χ0n) is 16.7. The highest BCUT2D eigenvalue weighted by atomic mass is 79.9. The fourth-order valence-corrected chi connectivity index (χ4v) is 3.74. The molecule has 0 unspecified atom stereocenters. The quantitative estimate of drug-likeness (QED) is 0.360. The van der Waals surface area contributed by atoms with Crippen molar-refractivity contribution < 1.29 is 9.53 Å². The van der Waals surface area contributed by atoms with Crippen molar-refractivity contribution in [1.29, 1.82) is 0 Å². The summed E-state index contributed by atoms with van der Waals surface area (Å²) < 4.78 is 10.1. The number of carbonyl (C=O) groups excluding carboxylic acids is 1. The number of para-hydroxylation sites is 3. The predicted molar refractivity (Wildman–Crippen MR) is 127 cm³/mol. The van der Waals surface area contributed by atoms with Gasteiger partial charge in [0, 0.05) is 15.7 Å². The number of nitrogens with one attached hydrogen (secondary N) is 1. The summed E-state index contributed by atoms with van der Waals surface area (Å²) in [5.74, 6) is 0.999. The van der Waals surface area contributed by atoms with Crippen molar-refractivity contribution in [2.45, 2.75) is 6.54 Å². The molecule has 4 rings (SSSR count). The molecule has 0 aliphatic carbocycles. The minimum absolute atomic E-state index is 0.0275. The Morgan fingerprint density at radius 1 is 1.03 bits per heavy atom. The van der Waals surface area contributed by atoms with Crippen molar-refractivity contribution in [3.05, 3.63) is 88.1 Å². The molecule has 1 N–H and O–H groups in total. The molecule has 0 atom stereocenters. The van der Waals surface area contributed by atoms with Gasteiger partial charge in [0.25, 0.3) is 0 Å². The molecule has 8 heteroatoms. The topological polar surface area (TPSA) is 61.1 Å². The third kappa shape index (κ3) is 4.60. The summed E-state index contributed by atoms with van der Waals surface area (Å²) in [6, 6.07) is 24.8. The fraction of sp³-hybridized carbons (Fsp3) is 0.0870. The van der Waals surface area contributed by atoms with Crippen LogP contribution in [0.5, 0.6) is 5.75 Å². The first-order valence-corrected chi connectivity index (χ1v) is 10.7. The van der Waals surface area contributed by atoms with Gasteiger partial charge < -0.3 is 10.1 Å². The molecule has 156 valence electrons. The molecule has 31 heavy (non-hydrogen) atoms. The van der Waals surface area contributed by atoms with Crippen LogP contribution in [-0.2, 0) is 11.3 Å². The average molecular weight is 495 g/mol. The number of ether oxygens (including phenoxy) is 1. The monoisotopic (exact) mass is 494 g/mol. The predicted octanol–water partition coefficient (Wildman–Crippen LogP) is 5.48. The van der Waals surface area contributed by atoms with Gasteiger partial charge in [-0.15, -0.1) is 0 Å². The molecule has 1 amide bonds. The van der Waals surface area contributed by atoms with E-state index < -0.39 is 0 Å². The van der Waals surface area contributed by atoms with Crippen molar-refractivity contribution in [3.8, 4) is 22.8 Å². The number of rotatable bonds is 6. The Bertz CT molecular complexity index is 1270. The standard InChI is InChI=1S/C23H19BrN4O2S/c1-30-20-10-6-5-9-19(20)25-21(29)15-27-23(31)28(18-7-3-2-4-8-18)22(26-27)16-11-13-17(24)14-12-16/h2-14H,15H2,1H3,(H,25,29). The van der Waals surface area contributed by atoms with Gasteiger partial charge in [0.15, 0.2) is 5.82 Å². The molecule has 0 aliphatic heterocycles. The molecule has 0 saturated heterocycles. The second-order valence-electron chi connectivity index (χ2n) is 6.69. The van der Waals surface area contributed by atoms with E-state index in [9.17, 15) is 4.79 Å². The Morgan fingerprint density at radius 2 is 1.71 bits per heavy atom. The van der Waals surface area contributed by atoms with E-state index in [2.05, 4.69) is 26.3 Å². The third-order valence-electron chi connectivity index (χ3n) is 4.63. The molecule has 0 fully saturated rings. The van der Waals surface area contributed by atoms with Crippen LogP contribution in [0.15, 0.2) is 83.3 Å². The Balaban J connectivity index is 1.71. The molecule has 0 saturated carbocycles. The smallest absolute Gasteiger partial charge is 0.246 e. The number of benzene rings is 3. The van der Waals surface area contributed by atoms with E-state index in [1.54, 1.807) is 19.2 Å². The molecule has 0 radical (unpaired) electrons. The normalized spacial score (nSPS) is 10.6. The number of hydrogen-bond donors (Lipinski definition) is 1. The maximum Gasteiger partial charge on any atom is 0.246 e. The molecule has 0 aliphatic rings. The first-order chi connectivity index (χ1) is 15.1. The average Bonchev–Trinajstić information content (AvgIpc) is 3.11. The Morgan fingerprint density at radius 3 is 2.42 bits per heavy atom. The van der Waals surface area contributed by atoms with Crippen molar-refractivity contribution in [2.75, 3.05) is 12.4 Å². The Kier molecular flexibility index (Phi) is 6.29. The SMILES string of the molecule is COc1ccccc1NC(=O)Cn1nc(-c2ccc(Br)cc2)n(-c2ccccc2)c1=S. The van der Waals surface area contributed by atoms with E-state index in [0.29, 0.717) is 22.0 Å². The fourth-order valence-electron chi connectivity index (χ4n) is 3.18.